The zero-order valence-corrected chi connectivity index (χ0v) is 13.7. The van der Waals surface area contributed by atoms with Gasteiger partial charge >= 0.3 is 0 Å². The summed E-state index contributed by atoms with van der Waals surface area (Å²) in [5.74, 6) is 1.09. The van der Waals surface area contributed by atoms with E-state index in [0.717, 1.165) is 24.6 Å². The molecule has 0 spiro atoms. The largest absolute Gasteiger partial charge is 0.448 e. The van der Waals surface area contributed by atoms with Gasteiger partial charge in [0.15, 0.2) is 12.1 Å². The van der Waals surface area contributed by atoms with Gasteiger partial charge in [-0.3, -0.25) is 4.79 Å². The van der Waals surface area contributed by atoms with Gasteiger partial charge in [0, 0.05) is 25.3 Å². The Morgan fingerprint density at radius 3 is 2.83 bits per heavy atom. The molecule has 0 radical (unpaired) electrons. The first-order valence-electron chi connectivity index (χ1n) is 8.15. The number of carbonyl (C=O) groups excluding carboxylic acids is 1. The Morgan fingerprint density at radius 2 is 2.17 bits per heavy atom. The van der Waals surface area contributed by atoms with Crippen LogP contribution in [0, 0.1) is 12.8 Å². The minimum atomic E-state index is -0.204. The Labute approximate surface area is 136 Å². The molecule has 0 saturated carbocycles. The Hall–Kier alpha value is -2.30. The van der Waals surface area contributed by atoms with Crippen LogP contribution < -0.4 is 10.2 Å². The van der Waals surface area contributed by atoms with Crippen molar-refractivity contribution in [2.45, 2.75) is 33.2 Å². The summed E-state index contributed by atoms with van der Waals surface area (Å²) in [5.41, 5.74) is 2.69. The third kappa shape index (κ3) is 3.73. The maximum atomic E-state index is 12.0. The number of oxazole rings is 1. The lowest BCUT2D eigenvalue weighted by Crippen LogP contribution is -2.34. The quantitative estimate of drug-likeness (QED) is 0.942. The van der Waals surface area contributed by atoms with Gasteiger partial charge in [0.2, 0.25) is 0 Å². The normalized spacial score (nSPS) is 18.0. The average Bonchev–Trinajstić information content (AvgIpc) is 2.99. The number of carbonyl (C=O) groups is 1. The lowest BCUT2D eigenvalue weighted by molar-refractivity contribution is 0.0945. The van der Waals surface area contributed by atoms with Crippen molar-refractivity contribution in [2.75, 3.05) is 18.0 Å². The van der Waals surface area contributed by atoms with E-state index in [0.29, 0.717) is 18.0 Å². The Balaban J connectivity index is 1.57. The van der Waals surface area contributed by atoms with Crippen molar-refractivity contribution in [2.24, 2.45) is 5.92 Å². The molecule has 1 N–H and O–H groups in total. The molecule has 1 unspecified atom stereocenters. The smallest absolute Gasteiger partial charge is 0.273 e. The van der Waals surface area contributed by atoms with E-state index in [1.807, 2.05) is 0 Å². The van der Waals surface area contributed by atoms with Gasteiger partial charge in [0.05, 0.1) is 0 Å². The van der Waals surface area contributed by atoms with E-state index in [1.54, 1.807) is 6.92 Å². The summed E-state index contributed by atoms with van der Waals surface area (Å²) in [6.07, 6.45) is 3.87. The lowest BCUT2D eigenvalue weighted by atomic mass is 9.99. The highest BCUT2D eigenvalue weighted by Crippen LogP contribution is 2.23. The van der Waals surface area contributed by atoms with Crippen LogP contribution in [0.3, 0.4) is 0 Å². The average molecular weight is 313 g/mol. The number of piperidine rings is 1. The van der Waals surface area contributed by atoms with Gasteiger partial charge in [-0.2, -0.15) is 0 Å². The van der Waals surface area contributed by atoms with Crippen molar-refractivity contribution in [1.29, 1.82) is 0 Å². The lowest BCUT2D eigenvalue weighted by Gasteiger charge is -2.32. The third-order valence-electron chi connectivity index (χ3n) is 4.37. The molecule has 0 bridgehead atoms. The molecule has 122 valence electrons. The van der Waals surface area contributed by atoms with Gasteiger partial charge in [-0.25, -0.2) is 4.98 Å². The number of nitrogens with one attached hydrogen (secondary N) is 1. The summed E-state index contributed by atoms with van der Waals surface area (Å²) in [6, 6.07) is 8.43. The van der Waals surface area contributed by atoms with Crippen molar-refractivity contribution >= 4 is 11.6 Å². The predicted octanol–water partition coefficient (Wildman–Crippen LogP) is 3.15. The van der Waals surface area contributed by atoms with Crippen molar-refractivity contribution in [3.63, 3.8) is 0 Å². The standard InChI is InChI=1S/C18H23N3O2/c1-13-4-3-9-21(11-13)16-7-5-15(6-8-16)10-19-18(22)17-14(2)23-12-20-17/h5-8,12-13H,3-4,9-11H2,1-2H3,(H,19,22). The number of hydrogen-bond acceptors (Lipinski definition) is 4. The van der Waals surface area contributed by atoms with Crippen molar-refractivity contribution in [3.8, 4) is 0 Å². The van der Waals surface area contributed by atoms with E-state index in [2.05, 4.69) is 46.4 Å². The molecule has 1 aliphatic heterocycles. The van der Waals surface area contributed by atoms with Gasteiger partial charge in [0.1, 0.15) is 5.76 Å². The monoisotopic (exact) mass is 313 g/mol. The number of nitrogens with zero attached hydrogens (tertiary/aromatic N) is 2. The molecule has 1 amide bonds. The number of amides is 1. The first kappa shape index (κ1) is 15.6. The molecule has 1 fully saturated rings. The molecule has 1 saturated heterocycles. The molecule has 5 heteroatoms. The van der Waals surface area contributed by atoms with Gasteiger partial charge in [-0.15, -0.1) is 0 Å². The van der Waals surface area contributed by atoms with Crippen LogP contribution in [0.4, 0.5) is 5.69 Å². The van der Waals surface area contributed by atoms with Gasteiger partial charge in [-0.05, 0) is 43.4 Å². The third-order valence-corrected chi connectivity index (χ3v) is 4.37. The van der Waals surface area contributed by atoms with Crippen molar-refractivity contribution in [3.05, 3.63) is 47.7 Å². The fourth-order valence-corrected chi connectivity index (χ4v) is 3.04. The molecular formula is C18H23N3O2. The van der Waals surface area contributed by atoms with Crippen LogP contribution in [-0.2, 0) is 6.54 Å². The molecule has 0 aliphatic carbocycles. The van der Waals surface area contributed by atoms with Crippen LogP contribution in [0.15, 0.2) is 35.1 Å². The predicted molar refractivity (Wildman–Crippen MR) is 89.5 cm³/mol. The SMILES string of the molecule is Cc1ocnc1C(=O)NCc1ccc(N2CCCC(C)C2)cc1. The summed E-state index contributed by atoms with van der Waals surface area (Å²) >= 11 is 0. The van der Waals surface area contributed by atoms with Gasteiger partial charge in [0.25, 0.3) is 5.91 Å². The second-order valence-electron chi connectivity index (χ2n) is 6.30. The molecule has 23 heavy (non-hydrogen) atoms. The van der Waals surface area contributed by atoms with E-state index < -0.39 is 0 Å². The van der Waals surface area contributed by atoms with Gasteiger partial charge in [-0.1, -0.05) is 19.1 Å². The molecule has 2 aromatic rings. The van der Waals surface area contributed by atoms with E-state index in [4.69, 9.17) is 4.42 Å². The second-order valence-corrected chi connectivity index (χ2v) is 6.30. The molecule has 1 aliphatic rings. The number of hydrogen-bond donors (Lipinski definition) is 1. The highest BCUT2D eigenvalue weighted by atomic mass is 16.3. The zero-order valence-electron chi connectivity index (χ0n) is 13.7. The molecule has 1 atom stereocenters. The molecule has 5 nitrogen and oxygen atoms in total. The minimum Gasteiger partial charge on any atom is -0.448 e. The maximum absolute atomic E-state index is 12.0. The summed E-state index contributed by atoms with van der Waals surface area (Å²) < 4.78 is 5.05. The van der Waals surface area contributed by atoms with E-state index in [-0.39, 0.29) is 5.91 Å². The fraction of sp³-hybridized carbons (Fsp3) is 0.444. The number of benzene rings is 1. The van der Waals surface area contributed by atoms with Crippen LogP contribution >= 0.6 is 0 Å². The Bertz CT molecular complexity index is 663. The molecular weight excluding hydrogens is 290 g/mol. The van der Waals surface area contributed by atoms with E-state index >= 15 is 0 Å². The van der Waals surface area contributed by atoms with Crippen LogP contribution in [0.25, 0.3) is 0 Å². The first-order chi connectivity index (χ1) is 11.1. The molecule has 3 rings (SSSR count). The van der Waals surface area contributed by atoms with E-state index in [9.17, 15) is 4.79 Å². The minimum absolute atomic E-state index is 0.204. The number of rotatable bonds is 4. The Morgan fingerprint density at radius 1 is 1.39 bits per heavy atom. The van der Waals surface area contributed by atoms with Crippen LogP contribution in [0.5, 0.6) is 0 Å². The fourth-order valence-electron chi connectivity index (χ4n) is 3.04. The second kappa shape index (κ2) is 6.86. The molecule has 1 aromatic carbocycles. The highest BCUT2D eigenvalue weighted by molar-refractivity contribution is 5.92. The summed E-state index contributed by atoms with van der Waals surface area (Å²) in [7, 11) is 0. The Kier molecular flexibility index (Phi) is 4.65. The summed E-state index contributed by atoms with van der Waals surface area (Å²) in [6.45, 7) is 6.79. The zero-order chi connectivity index (χ0) is 16.2. The number of aryl methyl sites for hydroxylation is 1. The van der Waals surface area contributed by atoms with Crippen LogP contribution in [-0.4, -0.2) is 24.0 Å². The topological polar surface area (TPSA) is 58.4 Å². The van der Waals surface area contributed by atoms with E-state index in [1.165, 1.54) is 24.9 Å². The number of aromatic nitrogens is 1. The number of anilines is 1. The van der Waals surface area contributed by atoms with Gasteiger partial charge < -0.3 is 14.6 Å². The molecule has 1 aromatic heterocycles. The highest BCUT2D eigenvalue weighted by Gasteiger charge is 2.16. The van der Waals surface area contributed by atoms with Crippen LogP contribution in [0.1, 0.15) is 41.6 Å². The maximum Gasteiger partial charge on any atom is 0.273 e. The van der Waals surface area contributed by atoms with Crippen molar-refractivity contribution in [1.82, 2.24) is 10.3 Å². The first-order valence-corrected chi connectivity index (χ1v) is 8.15. The van der Waals surface area contributed by atoms with Crippen LogP contribution in [0.2, 0.25) is 0 Å². The summed E-state index contributed by atoms with van der Waals surface area (Å²) in [5, 5.41) is 2.87. The summed E-state index contributed by atoms with van der Waals surface area (Å²) in [4.78, 5) is 18.4. The molecule has 2 heterocycles. The van der Waals surface area contributed by atoms with Crippen molar-refractivity contribution < 1.29 is 9.21 Å².